The van der Waals surface area contributed by atoms with Gasteiger partial charge in [0.2, 0.25) is 0 Å². The molecule has 0 aromatic heterocycles. The van der Waals surface area contributed by atoms with Gasteiger partial charge in [-0.15, -0.1) is 0 Å². The van der Waals surface area contributed by atoms with Crippen LogP contribution in [0.1, 0.15) is 32.1 Å². The lowest BCUT2D eigenvalue weighted by Gasteiger charge is -2.21. The van der Waals surface area contributed by atoms with Crippen LogP contribution in [0.2, 0.25) is 0 Å². The minimum Gasteiger partial charge on any atom is -0.458 e. The molecule has 1 aliphatic rings. The highest BCUT2D eigenvalue weighted by Crippen LogP contribution is 2.21. The van der Waals surface area contributed by atoms with Crippen LogP contribution in [0.25, 0.3) is 0 Å². The van der Waals surface area contributed by atoms with Gasteiger partial charge in [-0.25, -0.2) is 4.79 Å². The molecule has 0 amide bonds. The predicted octanol–water partition coefficient (Wildman–Crippen LogP) is 2.39. The molecule has 1 rings (SSSR count). The van der Waals surface area contributed by atoms with E-state index in [4.69, 9.17) is 10.00 Å². The van der Waals surface area contributed by atoms with Gasteiger partial charge in [-0.2, -0.15) is 5.26 Å². The van der Waals surface area contributed by atoms with E-state index in [1.807, 2.05) is 25.1 Å². The molecular formula is C14H20N2O2. The molecule has 0 unspecified atom stereocenters. The van der Waals surface area contributed by atoms with Gasteiger partial charge < -0.3 is 9.64 Å². The van der Waals surface area contributed by atoms with Gasteiger partial charge in [0.25, 0.3) is 0 Å². The first-order valence-corrected chi connectivity index (χ1v) is 6.29. The molecule has 0 spiro atoms. The van der Waals surface area contributed by atoms with Crippen molar-refractivity contribution in [3.8, 4) is 6.07 Å². The van der Waals surface area contributed by atoms with E-state index in [0.29, 0.717) is 0 Å². The van der Waals surface area contributed by atoms with Gasteiger partial charge in [-0.3, -0.25) is 0 Å². The molecule has 4 heteroatoms. The summed E-state index contributed by atoms with van der Waals surface area (Å²) < 4.78 is 5.32. The lowest BCUT2D eigenvalue weighted by molar-refractivity contribution is -0.145. The number of hydrogen-bond acceptors (Lipinski definition) is 4. The van der Waals surface area contributed by atoms with Gasteiger partial charge in [-0.1, -0.05) is 6.42 Å². The summed E-state index contributed by atoms with van der Waals surface area (Å²) in [6.07, 6.45) is 10.2. The van der Waals surface area contributed by atoms with Crippen LogP contribution in [-0.2, 0) is 9.53 Å². The molecule has 0 radical (unpaired) electrons. The molecule has 0 N–H and O–H groups in total. The number of hydrogen-bond donors (Lipinski definition) is 0. The highest BCUT2D eigenvalue weighted by atomic mass is 16.5. The van der Waals surface area contributed by atoms with Crippen molar-refractivity contribution in [1.82, 2.24) is 4.90 Å². The quantitative estimate of drug-likeness (QED) is 0.332. The first-order valence-electron chi connectivity index (χ1n) is 6.29. The highest BCUT2D eigenvalue weighted by Gasteiger charge is 2.19. The number of ether oxygens (including phenoxy) is 1. The lowest BCUT2D eigenvalue weighted by atomic mass is 9.98. The van der Waals surface area contributed by atoms with E-state index in [-0.39, 0.29) is 11.7 Å². The Labute approximate surface area is 109 Å². The highest BCUT2D eigenvalue weighted by molar-refractivity contribution is 5.93. The molecule has 0 aromatic rings. The van der Waals surface area contributed by atoms with Crippen LogP contribution in [0.3, 0.4) is 0 Å². The third-order valence-corrected chi connectivity index (χ3v) is 2.81. The summed E-state index contributed by atoms with van der Waals surface area (Å²) in [5.74, 6) is -0.507. The van der Waals surface area contributed by atoms with E-state index in [0.717, 1.165) is 25.7 Å². The topological polar surface area (TPSA) is 53.3 Å². The van der Waals surface area contributed by atoms with Crippen molar-refractivity contribution in [2.45, 2.75) is 38.2 Å². The summed E-state index contributed by atoms with van der Waals surface area (Å²) in [7, 11) is 3.74. The second-order valence-corrected chi connectivity index (χ2v) is 4.66. The van der Waals surface area contributed by atoms with Crippen molar-refractivity contribution in [2.24, 2.45) is 0 Å². The van der Waals surface area contributed by atoms with Gasteiger partial charge in [0, 0.05) is 14.1 Å². The maximum Gasteiger partial charge on any atom is 0.349 e. The molecule has 1 aliphatic carbocycles. The molecule has 0 bridgehead atoms. The van der Waals surface area contributed by atoms with Crippen molar-refractivity contribution < 1.29 is 9.53 Å². The molecule has 0 heterocycles. The van der Waals surface area contributed by atoms with Crippen molar-refractivity contribution in [2.75, 3.05) is 14.1 Å². The Balaban J connectivity index is 2.54. The Morgan fingerprint density at radius 1 is 1.33 bits per heavy atom. The Bertz CT molecular complexity index is 372. The Kier molecular flexibility index (Phi) is 5.99. The van der Waals surface area contributed by atoms with Crippen LogP contribution in [0, 0.1) is 11.3 Å². The zero-order valence-corrected chi connectivity index (χ0v) is 11.1. The van der Waals surface area contributed by atoms with Crippen molar-refractivity contribution in [3.05, 3.63) is 23.9 Å². The first kappa shape index (κ1) is 14.3. The summed E-state index contributed by atoms with van der Waals surface area (Å²) in [4.78, 5) is 13.6. The number of carbonyl (C=O) groups is 1. The van der Waals surface area contributed by atoms with Crippen LogP contribution < -0.4 is 0 Å². The molecule has 0 aliphatic heterocycles. The maximum absolute atomic E-state index is 11.8. The standard InChI is InChI=1S/C14H20N2O2/c1-16(2)10-6-7-12(11-15)14(17)18-13-8-4-3-5-9-13/h6-7,10,13H,3-5,8-9H2,1-2H3. The smallest absolute Gasteiger partial charge is 0.349 e. The van der Waals surface area contributed by atoms with Gasteiger partial charge in [0.1, 0.15) is 17.7 Å². The van der Waals surface area contributed by atoms with Crippen molar-refractivity contribution in [1.29, 1.82) is 5.26 Å². The van der Waals surface area contributed by atoms with Crippen LogP contribution in [-0.4, -0.2) is 31.1 Å². The average Bonchev–Trinajstić information content (AvgIpc) is 2.35. The number of carbonyl (C=O) groups excluding carboxylic acids is 1. The summed E-state index contributed by atoms with van der Waals surface area (Å²) in [6.45, 7) is 0. The normalized spacial score (nSPS) is 17.5. The fourth-order valence-electron chi connectivity index (χ4n) is 1.86. The summed E-state index contributed by atoms with van der Waals surface area (Å²) in [5.41, 5.74) is 0.0543. The second kappa shape index (κ2) is 7.54. The Hall–Kier alpha value is -1.76. The molecule has 0 atom stereocenters. The molecule has 98 valence electrons. The second-order valence-electron chi connectivity index (χ2n) is 4.66. The summed E-state index contributed by atoms with van der Waals surface area (Å²) >= 11 is 0. The van der Waals surface area contributed by atoms with Crippen LogP contribution in [0.15, 0.2) is 23.9 Å². The summed E-state index contributed by atoms with van der Waals surface area (Å²) in [6, 6.07) is 1.88. The van der Waals surface area contributed by atoms with Crippen molar-refractivity contribution in [3.63, 3.8) is 0 Å². The van der Waals surface area contributed by atoms with Crippen molar-refractivity contribution >= 4 is 5.97 Å². The van der Waals surface area contributed by atoms with E-state index in [1.54, 1.807) is 12.3 Å². The predicted molar refractivity (Wildman–Crippen MR) is 69.5 cm³/mol. The molecule has 0 aromatic carbocycles. The van der Waals surface area contributed by atoms with E-state index in [2.05, 4.69) is 0 Å². The van der Waals surface area contributed by atoms with Gasteiger partial charge in [0.15, 0.2) is 0 Å². The number of allylic oxidation sites excluding steroid dienone is 2. The largest absolute Gasteiger partial charge is 0.458 e. The minimum atomic E-state index is -0.507. The Morgan fingerprint density at radius 2 is 2.00 bits per heavy atom. The molecule has 18 heavy (non-hydrogen) atoms. The number of nitrogens with zero attached hydrogens (tertiary/aromatic N) is 2. The first-order chi connectivity index (χ1) is 8.63. The molecular weight excluding hydrogens is 228 g/mol. The fraction of sp³-hybridized carbons (Fsp3) is 0.571. The van der Waals surface area contributed by atoms with E-state index >= 15 is 0 Å². The van der Waals surface area contributed by atoms with E-state index in [9.17, 15) is 4.79 Å². The number of nitriles is 1. The molecule has 1 saturated carbocycles. The third kappa shape index (κ3) is 5.05. The fourth-order valence-corrected chi connectivity index (χ4v) is 1.86. The monoisotopic (exact) mass is 248 g/mol. The summed E-state index contributed by atoms with van der Waals surface area (Å²) in [5, 5.41) is 8.92. The van der Waals surface area contributed by atoms with E-state index < -0.39 is 5.97 Å². The van der Waals surface area contributed by atoms with Crippen LogP contribution in [0.5, 0.6) is 0 Å². The molecule has 0 saturated heterocycles. The SMILES string of the molecule is CN(C)C=CC=C(C#N)C(=O)OC1CCCCC1. The molecule has 1 fully saturated rings. The Morgan fingerprint density at radius 3 is 2.56 bits per heavy atom. The average molecular weight is 248 g/mol. The minimum absolute atomic E-state index is 0.0131. The third-order valence-electron chi connectivity index (χ3n) is 2.81. The van der Waals surface area contributed by atoms with Gasteiger partial charge in [0.05, 0.1) is 0 Å². The zero-order valence-electron chi connectivity index (χ0n) is 11.1. The number of esters is 1. The molecule has 4 nitrogen and oxygen atoms in total. The number of rotatable bonds is 4. The van der Waals surface area contributed by atoms with E-state index in [1.165, 1.54) is 12.5 Å². The van der Waals surface area contributed by atoms with Crippen LogP contribution in [0.4, 0.5) is 0 Å². The lowest BCUT2D eigenvalue weighted by Crippen LogP contribution is -2.21. The van der Waals surface area contributed by atoms with Gasteiger partial charge >= 0.3 is 5.97 Å². The van der Waals surface area contributed by atoms with Gasteiger partial charge in [-0.05, 0) is 44.0 Å². The van der Waals surface area contributed by atoms with Crippen LogP contribution >= 0.6 is 0 Å². The zero-order chi connectivity index (χ0) is 13.4. The maximum atomic E-state index is 11.8.